The highest BCUT2D eigenvalue weighted by molar-refractivity contribution is 5.59. The number of aromatic nitrogens is 2. The summed E-state index contributed by atoms with van der Waals surface area (Å²) in [6, 6.07) is 10.5. The molecule has 10 heteroatoms. The van der Waals surface area contributed by atoms with Crippen LogP contribution in [-0.4, -0.2) is 59.6 Å². The molecule has 0 saturated carbocycles. The third-order valence-electron chi connectivity index (χ3n) is 5.16. The van der Waals surface area contributed by atoms with Crippen LogP contribution in [0.15, 0.2) is 46.9 Å². The lowest BCUT2D eigenvalue weighted by molar-refractivity contribution is 0.0378. The number of ether oxygens (including phenoxy) is 1. The molecule has 1 aromatic heterocycles. The Bertz CT molecular complexity index is 989. The van der Waals surface area contributed by atoms with Crippen molar-refractivity contribution in [2.24, 2.45) is 0 Å². The van der Waals surface area contributed by atoms with Crippen LogP contribution in [0.2, 0.25) is 0 Å². The van der Waals surface area contributed by atoms with Crippen LogP contribution in [0.5, 0.6) is 0 Å². The van der Waals surface area contributed by atoms with Gasteiger partial charge in [-0.3, -0.25) is 4.90 Å². The lowest BCUT2D eigenvalue weighted by atomic mass is 10.1. The SMILES string of the molecule is OC(Nc1ccc(-c2nnc(NCCCN3CCOCC3)o2)cc1)c1c(F)cccc1F. The zero-order chi connectivity index (χ0) is 22.3. The molecule has 1 aliphatic rings. The number of aliphatic hydroxyl groups is 1. The second-order valence-electron chi connectivity index (χ2n) is 7.41. The molecule has 3 aromatic rings. The molecule has 4 rings (SSSR count). The molecule has 2 heterocycles. The topological polar surface area (TPSA) is 95.7 Å². The highest BCUT2D eigenvalue weighted by Gasteiger charge is 2.18. The molecule has 32 heavy (non-hydrogen) atoms. The van der Waals surface area contributed by atoms with E-state index >= 15 is 0 Å². The number of rotatable bonds is 9. The number of halogens is 2. The molecule has 2 aromatic carbocycles. The molecule has 3 N–H and O–H groups in total. The van der Waals surface area contributed by atoms with Crippen LogP contribution in [-0.2, 0) is 4.74 Å². The lowest BCUT2D eigenvalue weighted by Gasteiger charge is -2.26. The minimum absolute atomic E-state index is 0.341. The Morgan fingerprint density at radius 3 is 2.47 bits per heavy atom. The average molecular weight is 445 g/mol. The molecule has 0 radical (unpaired) electrons. The minimum atomic E-state index is -1.53. The van der Waals surface area contributed by atoms with E-state index in [1.165, 1.54) is 6.07 Å². The van der Waals surface area contributed by atoms with Gasteiger partial charge in [0.15, 0.2) is 6.23 Å². The summed E-state index contributed by atoms with van der Waals surface area (Å²) in [6.45, 7) is 5.19. The van der Waals surface area contributed by atoms with Gasteiger partial charge in [0.25, 0.3) is 0 Å². The van der Waals surface area contributed by atoms with E-state index < -0.39 is 23.4 Å². The van der Waals surface area contributed by atoms with Crippen LogP contribution in [0.1, 0.15) is 18.2 Å². The van der Waals surface area contributed by atoms with Crippen molar-refractivity contribution in [3.8, 4) is 11.5 Å². The van der Waals surface area contributed by atoms with E-state index in [0.29, 0.717) is 29.7 Å². The molecule has 170 valence electrons. The van der Waals surface area contributed by atoms with Gasteiger partial charge in [0.2, 0.25) is 5.89 Å². The van der Waals surface area contributed by atoms with Crippen molar-refractivity contribution in [2.45, 2.75) is 12.6 Å². The highest BCUT2D eigenvalue weighted by Crippen LogP contribution is 2.25. The average Bonchev–Trinajstić information content (AvgIpc) is 3.27. The first-order valence-electron chi connectivity index (χ1n) is 10.5. The largest absolute Gasteiger partial charge is 0.403 e. The highest BCUT2D eigenvalue weighted by atomic mass is 19.1. The van der Waals surface area contributed by atoms with Gasteiger partial charge >= 0.3 is 6.01 Å². The smallest absolute Gasteiger partial charge is 0.315 e. The first-order chi connectivity index (χ1) is 15.6. The van der Waals surface area contributed by atoms with Crippen LogP contribution >= 0.6 is 0 Å². The van der Waals surface area contributed by atoms with E-state index in [1.807, 2.05) is 0 Å². The van der Waals surface area contributed by atoms with Crippen molar-refractivity contribution in [3.63, 3.8) is 0 Å². The standard InChI is InChI=1S/C22H25F2N5O3/c23-17-3-1-4-18(24)19(17)20(30)26-16-7-5-15(6-8-16)21-27-28-22(32-21)25-9-2-10-29-11-13-31-14-12-29/h1,3-8,20,26,30H,2,9-14H2,(H,25,28). The number of morpholine rings is 1. The Kier molecular flexibility index (Phi) is 7.25. The maximum atomic E-state index is 13.8. The summed E-state index contributed by atoms with van der Waals surface area (Å²) >= 11 is 0. The number of nitrogens with one attached hydrogen (secondary N) is 2. The van der Waals surface area contributed by atoms with Crippen LogP contribution in [0, 0.1) is 11.6 Å². The molecule has 1 unspecified atom stereocenters. The third-order valence-corrected chi connectivity index (χ3v) is 5.16. The van der Waals surface area contributed by atoms with Crippen molar-refractivity contribution in [1.29, 1.82) is 0 Å². The Balaban J connectivity index is 1.29. The predicted octanol–water partition coefficient (Wildman–Crippen LogP) is 3.25. The molecule has 0 aliphatic carbocycles. The molecule has 1 saturated heterocycles. The fourth-order valence-electron chi connectivity index (χ4n) is 3.45. The van der Waals surface area contributed by atoms with E-state index in [-0.39, 0.29) is 0 Å². The quantitative estimate of drug-likeness (QED) is 0.341. The Labute approximate surface area is 184 Å². The molecule has 0 bridgehead atoms. The normalized spacial score (nSPS) is 15.5. The number of nitrogens with zero attached hydrogens (tertiary/aromatic N) is 3. The summed E-state index contributed by atoms with van der Waals surface area (Å²) in [5.41, 5.74) is 0.721. The fourth-order valence-corrected chi connectivity index (χ4v) is 3.45. The van der Waals surface area contributed by atoms with Crippen molar-refractivity contribution in [1.82, 2.24) is 15.1 Å². The van der Waals surface area contributed by atoms with E-state index in [2.05, 4.69) is 25.7 Å². The summed E-state index contributed by atoms with van der Waals surface area (Å²) in [7, 11) is 0. The molecular formula is C22H25F2N5O3. The van der Waals surface area contributed by atoms with Gasteiger partial charge in [-0.2, -0.15) is 0 Å². The second kappa shape index (κ2) is 10.5. The van der Waals surface area contributed by atoms with E-state index in [9.17, 15) is 13.9 Å². The molecular weight excluding hydrogens is 420 g/mol. The molecule has 0 amide bonds. The zero-order valence-electron chi connectivity index (χ0n) is 17.4. The van der Waals surface area contributed by atoms with E-state index in [1.54, 1.807) is 24.3 Å². The summed E-state index contributed by atoms with van der Waals surface area (Å²) < 4.78 is 38.6. The minimum Gasteiger partial charge on any atom is -0.403 e. The first kappa shape index (κ1) is 22.1. The summed E-state index contributed by atoms with van der Waals surface area (Å²) in [6.07, 6.45) is -0.582. The van der Waals surface area contributed by atoms with Gasteiger partial charge in [0, 0.05) is 30.9 Å². The van der Waals surface area contributed by atoms with E-state index in [0.717, 1.165) is 51.4 Å². The van der Waals surface area contributed by atoms with Gasteiger partial charge in [0.1, 0.15) is 11.6 Å². The van der Waals surface area contributed by atoms with Gasteiger partial charge in [-0.05, 0) is 49.4 Å². The fraction of sp³-hybridized carbons (Fsp3) is 0.364. The zero-order valence-corrected chi connectivity index (χ0v) is 17.4. The van der Waals surface area contributed by atoms with Gasteiger partial charge in [-0.15, -0.1) is 5.10 Å². The lowest BCUT2D eigenvalue weighted by Crippen LogP contribution is -2.37. The number of aliphatic hydroxyl groups excluding tert-OH is 1. The summed E-state index contributed by atoms with van der Waals surface area (Å²) in [5.74, 6) is -1.30. The Morgan fingerprint density at radius 2 is 1.75 bits per heavy atom. The van der Waals surface area contributed by atoms with Crippen LogP contribution < -0.4 is 10.6 Å². The van der Waals surface area contributed by atoms with Gasteiger partial charge in [-0.25, -0.2) is 8.78 Å². The van der Waals surface area contributed by atoms with Crippen LogP contribution in [0.25, 0.3) is 11.5 Å². The molecule has 8 nitrogen and oxygen atoms in total. The summed E-state index contributed by atoms with van der Waals surface area (Å²) in [4.78, 5) is 2.36. The van der Waals surface area contributed by atoms with Gasteiger partial charge < -0.3 is 24.9 Å². The second-order valence-corrected chi connectivity index (χ2v) is 7.41. The molecule has 1 fully saturated rings. The summed E-state index contributed by atoms with van der Waals surface area (Å²) in [5, 5.41) is 24.0. The van der Waals surface area contributed by atoms with Crippen LogP contribution in [0.3, 0.4) is 0 Å². The van der Waals surface area contributed by atoms with Crippen molar-refractivity contribution in [2.75, 3.05) is 50.0 Å². The van der Waals surface area contributed by atoms with Gasteiger partial charge in [-0.1, -0.05) is 11.2 Å². The number of benzene rings is 2. The number of hydrogen-bond acceptors (Lipinski definition) is 8. The van der Waals surface area contributed by atoms with Crippen molar-refractivity contribution in [3.05, 3.63) is 59.7 Å². The molecule has 1 atom stereocenters. The third kappa shape index (κ3) is 5.58. The van der Waals surface area contributed by atoms with E-state index in [4.69, 9.17) is 9.15 Å². The Morgan fingerprint density at radius 1 is 1.03 bits per heavy atom. The molecule has 1 aliphatic heterocycles. The number of hydrogen-bond donors (Lipinski definition) is 3. The van der Waals surface area contributed by atoms with Crippen molar-refractivity contribution >= 4 is 11.7 Å². The number of anilines is 2. The first-order valence-corrected chi connectivity index (χ1v) is 10.5. The maximum absolute atomic E-state index is 13.8. The van der Waals surface area contributed by atoms with Crippen LogP contribution in [0.4, 0.5) is 20.5 Å². The maximum Gasteiger partial charge on any atom is 0.315 e. The molecule has 0 spiro atoms. The predicted molar refractivity (Wildman–Crippen MR) is 115 cm³/mol. The van der Waals surface area contributed by atoms with Crippen molar-refractivity contribution < 1.29 is 23.0 Å². The monoisotopic (exact) mass is 445 g/mol. The van der Waals surface area contributed by atoms with Gasteiger partial charge in [0.05, 0.1) is 18.8 Å². The Hall–Kier alpha value is -3.08.